The number of thiophene rings is 1. The molecule has 1 unspecified atom stereocenters. The molecule has 18 heavy (non-hydrogen) atoms. The molecule has 0 saturated heterocycles. The lowest BCUT2D eigenvalue weighted by Crippen LogP contribution is -2.28. The van der Waals surface area contributed by atoms with Crippen LogP contribution in [-0.4, -0.2) is 18.4 Å². The lowest BCUT2D eigenvalue weighted by atomic mass is 10.1. The molecule has 5 nitrogen and oxygen atoms in total. The van der Waals surface area contributed by atoms with E-state index < -0.39 is 10.0 Å². The smallest absolute Gasteiger partial charge is 0.258 e. The highest BCUT2D eigenvalue weighted by Crippen LogP contribution is 2.24. The van der Waals surface area contributed by atoms with E-state index in [2.05, 4.69) is 14.7 Å². The van der Waals surface area contributed by atoms with Crippen LogP contribution in [0.4, 0.5) is 0 Å². The van der Waals surface area contributed by atoms with Crippen molar-refractivity contribution in [2.75, 3.05) is 0 Å². The Kier molecular flexibility index (Phi) is 4.15. The largest absolute Gasteiger partial charge is 0.335 e. The van der Waals surface area contributed by atoms with Crippen LogP contribution in [0.15, 0.2) is 35.1 Å². The van der Waals surface area contributed by atoms with Crippen LogP contribution in [0.1, 0.15) is 30.7 Å². The van der Waals surface area contributed by atoms with Gasteiger partial charge in [0, 0.05) is 4.88 Å². The van der Waals surface area contributed by atoms with Crippen molar-refractivity contribution in [3.8, 4) is 0 Å². The topological polar surface area (TPSA) is 74.8 Å². The van der Waals surface area contributed by atoms with E-state index in [1.54, 1.807) is 11.3 Å². The third-order valence-corrected chi connectivity index (χ3v) is 4.91. The number of imidazole rings is 1. The summed E-state index contributed by atoms with van der Waals surface area (Å²) in [6.45, 7) is 2.03. The lowest BCUT2D eigenvalue weighted by Gasteiger charge is -2.15. The van der Waals surface area contributed by atoms with Gasteiger partial charge in [0.1, 0.15) is 0 Å². The molecule has 0 saturated carbocycles. The molecule has 0 radical (unpaired) electrons. The van der Waals surface area contributed by atoms with E-state index in [1.807, 2.05) is 24.4 Å². The fourth-order valence-corrected chi connectivity index (χ4v) is 3.72. The summed E-state index contributed by atoms with van der Waals surface area (Å²) in [5.41, 5.74) is 0. The number of hydrogen-bond acceptors (Lipinski definition) is 4. The van der Waals surface area contributed by atoms with Gasteiger partial charge in [-0.3, -0.25) is 0 Å². The molecule has 1 atom stereocenters. The van der Waals surface area contributed by atoms with Crippen molar-refractivity contribution in [1.82, 2.24) is 14.7 Å². The molecule has 7 heteroatoms. The van der Waals surface area contributed by atoms with Crippen molar-refractivity contribution < 1.29 is 8.42 Å². The molecule has 0 aliphatic heterocycles. The third kappa shape index (κ3) is 2.98. The summed E-state index contributed by atoms with van der Waals surface area (Å²) in [5, 5.41) is 2.04. The second kappa shape index (κ2) is 5.64. The zero-order valence-electron chi connectivity index (χ0n) is 9.96. The number of sulfonamides is 1. The first kappa shape index (κ1) is 13.3. The van der Waals surface area contributed by atoms with Gasteiger partial charge in [0.15, 0.2) is 5.03 Å². The van der Waals surface area contributed by atoms with Gasteiger partial charge in [0.25, 0.3) is 10.0 Å². The maximum absolute atomic E-state index is 12.1. The van der Waals surface area contributed by atoms with Crippen molar-refractivity contribution >= 4 is 21.4 Å². The van der Waals surface area contributed by atoms with Crippen molar-refractivity contribution in [1.29, 1.82) is 0 Å². The third-order valence-electron chi connectivity index (χ3n) is 2.52. The quantitative estimate of drug-likeness (QED) is 0.855. The van der Waals surface area contributed by atoms with Crippen LogP contribution in [-0.2, 0) is 10.0 Å². The predicted octanol–water partition coefficient (Wildman–Crippen LogP) is 2.29. The Bertz CT molecular complexity index is 561. The van der Waals surface area contributed by atoms with Gasteiger partial charge in [-0.2, -0.15) is 0 Å². The van der Waals surface area contributed by atoms with E-state index in [4.69, 9.17) is 0 Å². The Balaban J connectivity index is 2.20. The Labute approximate surface area is 110 Å². The van der Waals surface area contributed by atoms with E-state index in [0.717, 1.165) is 17.7 Å². The second-order valence-electron chi connectivity index (χ2n) is 3.89. The van der Waals surface area contributed by atoms with Gasteiger partial charge in [-0.05, 0) is 17.9 Å². The van der Waals surface area contributed by atoms with E-state index >= 15 is 0 Å². The first-order valence-electron chi connectivity index (χ1n) is 5.67. The minimum absolute atomic E-state index is 0.0974. The van der Waals surface area contributed by atoms with Crippen molar-refractivity contribution in [3.63, 3.8) is 0 Å². The Morgan fingerprint density at radius 1 is 1.56 bits per heavy atom. The summed E-state index contributed by atoms with van der Waals surface area (Å²) in [6, 6.07) is 3.69. The minimum Gasteiger partial charge on any atom is -0.335 e. The summed E-state index contributed by atoms with van der Waals surface area (Å²) in [4.78, 5) is 7.37. The monoisotopic (exact) mass is 285 g/mol. The summed E-state index contributed by atoms with van der Waals surface area (Å²) < 4.78 is 26.9. The molecule has 0 aromatic carbocycles. The number of rotatable bonds is 6. The summed E-state index contributed by atoms with van der Waals surface area (Å²) >= 11 is 1.56. The molecule has 0 aliphatic rings. The van der Waals surface area contributed by atoms with Crippen LogP contribution in [0.25, 0.3) is 0 Å². The molecule has 98 valence electrons. The van der Waals surface area contributed by atoms with Crippen LogP contribution in [0, 0.1) is 0 Å². The highest BCUT2D eigenvalue weighted by atomic mass is 32.2. The standard InChI is InChI=1S/C11H15N3O2S2/c1-2-4-9(10-5-3-6-17-10)14-18(15,16)11-7-12-8-13-11/h3,5-9,14H,2,4H2,1H3,(H,12,13). The molecule has 0 bridgehead atoms. The van der Waals surface area contributed by atoms with Gasteiger partial charge in [0.05, 0.1) is 18.6 Å². The average Bonchev–Trinajstić information content (AvgIpc) is 3.02. The van der Waals surface area contributed by atoms with Crippen molar-refractivity contribution in [2.45, 2.75) is 30.8 Å². The zero-order chi connectivity index (χ0) is 13.0. The molecule has 2 heterocycles. The van der Waals surface area contributed by atoms with Gasteiger partial charge in [-0.1, -0.05) is 19.4 Å². The fourth-order valence-electron chi connectivity index (χ4n) is 1.68. The molecule has 0 amide bonds. The van der Waals surface area contributed by atoms with Crippen molar-refractivity contribution in [2.24, 2.45) is 0 Å². The van der Waals surface area contributed by atoms with Gasteiger partial charge >= 0.3 is 0 Å². The average molecular weight is 285 g/mol. The minimum atomic E-state index is -3.53. The van der Waals surface area contributed by atoms with Gasteiger partial charge < -0.3 is 4.98 Å². The highest BCUT2D eigenvalue weighted by molar-refractivity contribution is 7.89. The predicted molar refractivity (Wildman–Crippen MR) is 70.9 cm³/mol. The normalized spacial score (nSPS) is 13.6. The second-order valence-corrected chi connectivity index (χ2v) is 6.56. The van der Waals surface area contributed by atoms with E-state index in [-0.39, 0.29) is 11.1 Å². The van der Waals surface area contributed by atoms with Gasteiger partial charge in [0.2, 0.25) is 0 Å². The van der Waals surface area contributed by atoms with E-state index in [9.17, 15) is 8.42 Å². The number of aromatic amines is 1. The maximum Gasteiger partial charge on any atom is 0.258 e. The van der Waals surface area contributed by atoms with Crippen molar-refractivity contribution in [3.05, 3.63) is 34.9 Å². The number of nitrogens with zero attached hydrogens (tertiary/aromatic N) is 1. The summed E-state index contributed by atoms with van der Waals surface area (Å²) in [7, 11) is -3.53. The first-order valence-corrected chi connectivity index (χ1v) is 8.04. The highest BCUT2D eigenvalue weighted by Gasteiger charge is 2.22. The summed E-state index contributed by atoms with van der Waals surface area (Å²) in [6.07, 6.45) is 4.34. The van der Waals surface area contributed by atoms with Crippen LogP contribution in [0.3, 0.4) is 0 Å². The molecule has 0 aliphatic carbocycles. The molecule has 0 spiro atoms. The molecular weight excluding hydrogens is 270 g/mol. The van der Waals surface area contributed by atoms with Crippen LogP contribution in [0.5, 0.6) is 0 Å². The number of H-pyrrole nitrogens is 1. The molecule has 2 aromatic heterocycles. The first-order chi connectivity index (χ1) is 8.63. The number of aromatic nitrogens is 2. The molecule has 2 aromatic rings. The molecular formula is C11H15N3O2S2. The Morgan fingerprint density at radius 3 is 2.94 bits per heavy atom. The van der Waals surface area contributed by atoms with Crippen LogP contribution >= 0.6 is 11.3 Å². The molecule has 0 fully saturated rings. The van der Waals surface area contributed by atoms with Crippen LogP contribution < -0.4 is 4.72 Å². The number of nitrogens with one attached hydrogen (secondary N) is 2. The summed E-state index contributed by atoms with van der Waals surface area (Å²) in [5.74, 6) is 0. The fraction of sp³-hybridized carbons (Fsp3) is 0.364. The Hall–Kier alpha value is -1.18. The maximum atomic E-state index is 12.1. The molecule has 2 N–H and O–H groups in total. The van der Waals surface area contributed by atoms with E-state index in [0.29, 0.717) is 0 Å². The Morgan fingerprint density at radius 2 is 2.39 bits per heavy atom. The van der Waals surface area contributed by atoms with E-state index in [1.165, 1.54) is 12.5 Å². The zero-order valence-corrected chi connectivity index (χ0v) is 11.6. The van der Waals surface area contributed by atoms with Crippen LogP contribution in [0.2, 0.25) is 0 Å². The number of hydrogen-bond donors (Lipinski definition) is 2. The SMILES string of the molecule is CCCC(NS(=O)(=O)c1cnc[nH]1)c1cccs1. The van der Waals surface area contributed by atoms with Gasteiger partial charge in [-0.25, -0.2) is 18.1 Å². The van der Waals surface area contributed by atoms with Gasteiger partial charge in [-0.15, -0.1) is 11.3 Å². The molecule has 2 rings (SSSR count). The lowest BCUT2D eigenvalue weighted by molar-refractivity contribution is 0.538.